The molecule has 1 saturated heterocycles. The molecule has 1 rings (SSSR count). The van der Waals surface area contributed by atoms with E-state index in [1.807, 2.05) is 0 Å². The first kappa shape index (κ1) is 11.0. The molecule has 0 aromatic heterocycles. The second kappa shape index (κ2) is 5.64. The van der Waals surface area contributed by atoms with Crippen molar-refractivity contribution >= 4 is 0 Å². The largest absolute Gasteiger partial charge is 0.303 e. The Hall–Kier alpha value is -0.0400. The fraction of sp³-hybridized carbons (Fsp3) is 1.00. The van der Waals surface area contributed by atoms with Crippen molar-refractivity contribution in [2.24, 2.45) is 11.8 Å². The van der Waals surface area contributed by atoms with E-state index in [-0.39, 0.29) is 0 Å². The van der Waals surface area contributed by atoms with Gasteiger partial charge in [-0.05, 0) is 44.2 Å². The molecule has 0 saturated carbocycles. The monoisotopic (exact) mass is 183 g/mol. The van der Waals surface area contributed by atoms with E-state index in [9.17, 15) is 0 Å². The van der Waals surface area contributed by atoms with E-state index in [4.69, 9.17) is 0 Å². The molecular formula is C12H25N. The van der Waals surface area contributed by atoms with E-state index in [2.05, 4.69) is 25.7 Å². The standard InChI is InChI=1S/C12H25N/c1-4-11(3)9-12-7-6-8-13(5-2)10-12/h11-12H,4-10H2,1-3H3/t11-,12+/m0/s1. The Kier molecular flexibility index (Phi) is 4.79. The Labute approximate surface area is 83.5 Å². The van der Waals surface area contributed by atoms with E-state index in [0.29, 0.717) is 0 Å². The summed E-state index contributed by atoms with van der Waals surface area (Å²) in [6.45, 7) is 10.9. The van der Waals surface area contributed by atoms with Gasteiger partial charge in [-0.2, -0.15) is 0 Å². The number of hydrogen-bond donors (Lipinski definition) is 0. The summed E-state index contributed by atoms with van der Waals surface area (Å²) in [5, 5.41) is 0. The zero-order valence-electron chi connectivity index (χ0n) is 9.55. The van der Waals surface area contributed by atoms with Crippen LogP contribution in [-0.2, 0) is 0 Å². The molecule has 1 nitrogen and oxygen atoms in total. The molecule has 1 aliphatic rings. The van der Waals surface area contributed by atoms with Crippen molar-refractivity contribution in [3.8, 4) is 0 Å². The van der Waals surface area contributed by atoms with Crippen LogP contribution in [0.3, 0.4) is 0 Å². The van der Waals surface area contributed by atoms with Crippen LogP contribution >= 0.6 is 0 Å². The molecule has 0 bridgehead atoms. The van der Waals surface area contributed by atoms with Crippen molar-refractivity contribution in [2.45, 2.75) is 46.5 Å². The average molecular weight is 183 g/mol. The van der Waals surface area contributed by atoms with Crippen LogP contribution in [0.15, 0.2) is 0 Å². The fourth-order valence-electron chi connectivity index (χ4n) is 2.37. The van der Waals surface area contributed by atoms with E-state index in [1.165, 1.54) is 45.3 Å². The number of piperidine rings is 1. The Morgan fingerprint density at radius 2 is 2.15 bits per heavy atom. The summed E-state index contributed by atoms with van der Waals surface area (Å²) < 4.78 is 0. The summed E-state index contributed by atoms with van der Waals surface area (Å²) in [6, 6.07) is 0. The van der Waals surface area contributed by atoms with Gasteiger partial charge in [0.05, 0.1) is 0 Å². The minimum Gasteiger partial charge on any atom is -0.303 e. The van der Waals surface area contributed by atoms with E-state index < -0.39 is 0 Å². The zero-order valence-corrected chi connectivity index (χ0v) is 9.55. The predicted octanol–water partition coefficient (Wildman–Crippen LogP) is 3.15. The fourth-order valence-corrected chi connectivity index (χ4v) is 2.37. The van der Waals surface area contributed by atoms with Gasteiger partial charge < -0.3 is 4.90 Å². The maximum Gasteiger partial charge on any atom is 0.000965 e. The molecule has 0 unspecified atom stereocenters. The van der Waals surface area contributed by atoms with Gasteiger partial charge in [0.2, 0.25) is 0 Å². The highest BCUT2D eigenvalue weighted by Gasteiger charge is 2.19. The van der Waals surface area contributed by atoms with Crippen molar-refractivity contribution in [3.05, 3.63) is 0 Å². The van der Waals surface area contributed by atoms with Crippen LogP contribution in [0.4, 0.5) is 0 Å². The lowest BCUT2D eigenvalue weighted by atomic mass is 9.88. The summed E-state index contributed by atoms with van der Waals surface area (Å²) in [5.41, 5.74) is 0. The molecule has 13 heavy (non-hydrogen) atoms. The number of nitrogens with zero attached hydrogens (tertiary/aromatic N) is 1. The highest BCUT2D eigenvalue weighted by Crippen LogP contribution is 2.24. The molecule has 0 aromatic rings. The predicted molar refractivity (Wildman–Crippen MR) is 58.9 cm³/mol. The van der Waals surface area contributed by atoms with Gasteiger partial charge in [-0.3, -0.25) is 0 Å². The van der Waals surface area contributed by atoms with Gasteiger partial charge in [-0.15, -0.1) is 0 Å². The van der Waals surface area contributed by atoms with Gasteiger partial charge in [-0.25, -0.2) is 0 Å². The molecule has 1 aliphatic heterocycles. The number of rotatable bonds is 4. The Morgan fingerprint density at radius 1 is 1.38 bits per heavy atom. The molecule has 0 radical (unpaired) electrons. The number of likely N-dealkylation sites (tertiary alicyclic amines) is 1. The van der Waals surface area contributed by atoms with Crippen LogP contribution in [0, 0.1) is 11.8 Å². The van der Waals surface area contributed by atoms with Crippen molar-refractivity contribution in [2.75, 3.05) is 19.6 Å². The van der Waals surface area contributed by atoms with E-state index in [1.54, 1.807) is 0 Å². The molecule has 0 aromatic carbocycles. The second-order valence-electron chi connectivity index (χ2n) is 4.65. The second-order valence-corrected chi connectivity index (χ2v) is 4.65. The summed E-state index contributed by atoms with van der Waals surface area (Å²) in [4.78, 5) is 2.61. The average Bonchev–Trinajstić information content (AvgIpc) is 2.18. The molecule has 0 aliphatic carbocycles. The van der Waals surface area contributed by atoms with Crippen molar-refractivity contribution in [1.82, 2.24) is 4.90 Å². The van der Waals surface area contributed by atoms with Crippen LogP contribution < -0.4 is 0 Å². The van der Waals surface area contributed by atoms with Gasteiger partial charge in [0.15, 0.2) is 0 Å². The SMILES string of the molecule is CC[C@H](C)C[C@H]1CCCN(CC)C1. The third kappa shape index (κ3) is 3.68. The Balaban J connectivity index is 2.25. The lowest BCUT2D eigenvalue weighted by molar-refractivity contribution is 0.163. The van der Waals surface area contributed by atoms with Gasteiger partial charge in [-0.1, -0.05) is 27.2 Å². The maximum absolute atomic E-state index is 2.61. The first-order valence-electron chi connectivity index (χ1n) is 5.98. The lowest BCUT2D eigenvalue weighted by Gasteiger charge is -2.33. The highest BCUT2D eigenvalue weighted by molar-refractivity contribution is 4.73. The van der Waals surface area contributed by atoms with E-state index >= 15 is 0 Å². The molecule has 1 heterocycles. The first-order chi connectivity index (χ1) is 6.26. The van der Waals surface area contributed by atoms with Gasteiger partial charge in [0.1, 0.15) is 0 Å². The molecular weight excluding hydrogens is 158 g/mol. The van der Waals surface area contributed by atoms with Gasteiger partial charge in [0.25, 0.3) is 0 Å². The van der Waals surface area contributed by atoms with Crippen LogP contribution in [-0.4, -0.2) is 24.5 Å². The summed E-state index contributed by atoms with van der Waals surface area (Å²) in [5.74, 6) is 1.92. The molecule has 78 valence electrons. The summed E-state index contributed by atoms with van der Waals surface area (Å²) >= 11 is 0. The molecule has 0 spiro atoms. The quantitative estimate of drug-likeness (QED) is 0.647. The molecule has 0 amide bonds. The molecule has 1 fully saturated rings. The molecule has 0 N–H and O–H groups in total. The summed E-state index contributed by atoms with van der Waals surface area (Å²) in [6.07, 6.45) is 5.70. The molecule has 2 atom stereocenters. The first-order valence-corrected chi connectivity index (χ1v) is 5.98. The van der Waals surface area contributed by atoms with Crippen LogP contribution in [0.5, 0.6) is 0 Å². The smallest absolute Gasteiger partial charge is 0.000965 e. The normalized spacial score (nSPS) is 27.5. The third-order valence-corrected chi connectivity index (χ3v) is 3.48. The zero-order chi connectivity index (χ0) is 9.68. The third-order valence-electron chi connectivity index (χ3n) is 3.48. The highest BCUT2D eigenvalue weighted by atomic mass is 15.1. The Morgan fingerprint density at radius 3 is 2.77 bits per heavy atom. The van der Waals surface area contributed by atoms with Crippen molar-refractivity contribution < 1.29 is 0 Å². The number of hydrogen-bond acceptors (Lipinski definition) is 1. The van der Waals surface area contributed by atoms with E-state index in [0.717, 1.165) is 11.8 Å². The minimum absolute atomic E-state index is 0.932. The van der Waals surface area contributed by atoms with Crippen LogP contribution in [0.25, 0.3) is 0 Å². The van der Waals surface area contributed by atoms with Gasteiger partial charge in [0, 0.05) is 6.54 Å². The summed E-state index contributed by atoms with van der Waals surface area (Å²) in [7, 11) is 0. The van der Waals surface area contributed by atoms with Crippen molar-refractivity contribution in [1.29, 1.82) is 0 Å². The minimum atomic E-state index is 0.932. The topological polar surface area (TPSA) is 3.24 Å². The van der Waals surface area contributed by atoms with Gasteiger partial charge >= 0.3 is 0 Å². The van der Waals surface area contributed by atoms with Crippen molar-refractivity contribution in [3.63, 3.8) is 0 Å². The van der Waals surface area contributed by atoms with Crippen LogP contribution in [0.1, 0.15) is 46.5 Å². The maximum atomic E-state index is 2.61. The van der Waals surface area contributed by atoms with Crippen LogP contribution in [0.2, 0.25) is 0 Å². The Bertz CT molecular complexity index is 131. The lowest BCUT2D eigenvalue weighted by Crippen LogP contribution is -2.35. The molecule has 1 heteroatoms.